The van der Waals surface area contributed by atoms with Crippen molar-refractivity contribution in [3.8, 4) is 0 Å². The molecule has 3 saturated heterocycles. The lowest BCUT2D eigenvalue weighted by atomic mass is 10.00. The van der Waals surface area contributed by atoms with Gasteiger partial charge in [-0.05, 0) is 24.1 Å². The molecule has 1 aromatic rings. The number of nitrogens with zero attached hydrogens (tertiary/aromatic N) is 1. The summed E-state index contributed by atoms with van der Waals surface area (Å²) in [4.78, 5) is 8.90. The van der Waals surface area contributed by atoms with Crippen LogP contribution in [0.3, 0.4) is 0 Å². The van der Waals surface area contributed by atoms with Gasteiger partial charge in [-0.25, -0.2) is 13.2 Å². The van der Waals surface area contributed by atoms with Crippen molar-refractivity contribution in [3.63, 3.8) is 0 Å². The van der Waals surface area contributed by atoms with Gasteiger partial charge in [-0.15, -0.1) is 0 Å². The fraction of sp³-hybridized carbons (Fsp3) is 0.562. The van der Waals surface area contributed by atoms with Gasteiger partial charge in [0.2, 0.25) is 10.0 Å². The molecule has 1 spiro atoms. The van der Waals surface area contributed by atoms with Crippen LogP contribution in [0.25, 0.3) is 0 Å². The Morgan fingerprint density at radius 1 is 1.36 bits per heavy atom. The van der Waals surface area contributed by atoms with Crippen molar-refractivity contribution in [1.29, 1.82) is 0 Å². The topological polar surface area (TPSA) is 95.9 Å². The number of nitrogens with one attached hydrogen (secondary N) is 1. The SMILES string of the molecule is O=C(O)C(F)(F)F.O=S1(=O)[C@H]2C[C@@H]3CNC[C@@]2(CN1Cc1ccc(Cl)cc1)O3. The van der Waals surface area contributed by atoms with Crippen LogP contribution in [0.4, 0.5) is 13.2 Å². The Hall–Kier alpha value is -1.40. The first-order valence-electron chi connectivity index (χ1n) is 8.36. The number of ether oxygens (including phenoxy) is 1. The molecule has 3 heterocycles. The molecule has 28 heavy (non-hydrogen) atoms. The summed E-state index contributed by atoms with van der Waals surface area (Å²) in [6.45, 7) is 2.19. The lowest BCUT2D eigenvalue weighted by Gasteiger charge is -2.32. The maximum Gasteiger partial charge on any atom is 0.490 e. The summed E-state index contributed by atoms with van der Waals surface area (Å²) >= 11 is 5.87. The molecule has 1 aromatic carbocycles. The number of benzene rings is 1. The van der Waals surface area contributed by atoms with Crippen LogP contribution in [0.15, 0.2) is 24.3 Å². The van der Waals surface area contributed by atoms with Gasteiger partial charge in [0.05, 0.1) is 6.10 Å². The number of alkyl halides is 3. The highest BCUT2D eigenvalue weighted by Crippen LogP contribution is 2.45. The molecule has 156 valence electrons. The third-order valence-electron chi connectivity index (χ3n) is 4.94. The summed E-state index contributed by atoms with van der Waals surface area (Å²) in [5, 5.41) is 10.7. The van der Waals surface area contributed by atoms with Crippen LogP contribution >= 0.6 is 11.6 Å². The Kier molecular flexibility index (Phi) is 5.67. The maximum absolute atomic E-state index is 12.8. The molecule has 2 bridgehead atoms. The first-order chi connectivity index (χ1) is 12.9. The highest BCUT2D eigenvalue weighted by atomic mass is 35.5. The van der Waals surface area contributed by atoms with E-state index in [-0.39, 0.29) is 6.10 Å². The molecule has 2 N–H and O–H groups in total. The molecule has 7 nitrogen and oxygen atoms in total. The highest BCUT2D eigenvalue weighted by molar-refractivity contribution is 7.90. The molecule has 3 fully saturated rings. The Labute approximate surface area is 164 Å². The summed E-state index contributed by atoms with van der Waals surface area (Å²) in [6.07, 6.45) is -4.44. The van der Waals surface area contributed by atoms with Crippen molar-refractivity contribution in [1.82, 2.24) is 9.62 Å². The van der Waals surface area contributed by atoms with E-state index in [9.17, 15) is 21.6 Å². The van der Waals surface area contributed by atoms with E-state index in [1.165, 1.54) is 0 Å². The van der Waals surface area contributed by atoms with Crippen LogP contribution in [0.5, 0.6) is 0 Å². The minimum absolute atomic E-state index is 0.0382. The molecule has 0 aromatic heterocycles. The minimum Gasteiger partial charge on any atom is -0.475 e. The molecular formula is C16H18ClF3N2O5S. The van der Waals surface area contributed by atoms with Gasteiger partial charge in [0.15, 0.2) is 0 Å². The Morgan fingerprint density at radius 2 is 1.96 bits per heavy atom. The average Bonchev–Trinajstić information content (AvgIpc) is 2.96. The second kappa shape index (κ2) is 7.45. The van der Waals surface area contributed by atoms with E-state index in [4.69, 9.17) is 26.2 Å². The number of sulfonamides is 1. The molecule has 12 heteroatoms. The van der Waals surface area contributed by atoms with Crippen LogP contribution in [0.2, 0.25) is 5.02 Å². The number of carboxylic acid groups (broad SMARTS) is 1. The van der Waals surface area contributed by atoms with E-state index in [0.29, 0.717) is 31.1 Å². The van der Waals surface area contributed by atoms with E-state index >= 15 is 0 Å². The largest absolute Gasteiger partial charge is 0.490 e. The fourth-order valence-corrected chi connectivity index (χ4v) is 6.16. The second-order valence-electron chi connectivity index (χ2n) is 6.90. The number of hydrogen-bond acceptors (Lipinski definition) is 5. The lowest BCUT2D eigenvalue weighted by Crippen LogP contribution is -2.53. The van der Waals surface area contributed by atoms with Crippen LogP contribution in [0, 0.1) is 0 Å². The highest BCUT2D eigenvalue weighted by Gasteiger charge is 2.63. The summed E-state index contributed by atoms with van der Waals surface area (Å²) in [5.41, 5.74) is 0.383. The summed E-state index contributed by atoms with van der Waals surface area (Å²) in [5.74, 6) is -2.76. The van der Waals surface area contributed by atoms with Crippen LogP contribution in [0.1, 0.15) is 12.0 Å². The number of carboxylic acids is 1. The third kappa shape index (κ3) is 4.13. The van der Waals surface area contributed by atoms with Gasteiger partial charge in [-0.3, -0.25) is 0 Å². The van der Waals surface area contributed by atoms with E-state index in [0.717, 1.165) is 12.1 Å². The number of morpholine rings is 1. The molecule has 3 aliphatic rings. The second-order valence-corrected chi connectivity index (χ2v) is 9.45. The molecule has 3 aliphatic heterocycles. The molecular weight excluding hydrogens is 425 g/mol. The molecule has 0 saturated carbocycles. The maximum atomic E-state index is 12.8. The standard InChI is InChI=1S/C14H17ClN2O3S.C2HF3O2/c15-11-3-1-10(2-4-11)7-17-9-14-8-16-6-12(20-14)5-13(14)21(17,18)19;3-2(4,5)1(6)7/h1-4,12-13,16H,5-9H2;(H,6,7)/t12-,13+,14+;/m1./s1. The average molecular weight is 443 g/mol. The summed E-state index contributed by atoms with van der Waals surface area (Å²) < 4.78 is 64.9. The van der Waals surface area contributed by atoms with Gasteiger partial charge < -0.3 is 15.2 Å². The van der Waals surface area contributed by atoms with Gasteiger partial charge in [-0.1, -0.05) is 23.7 Å². The van der Waals surface area contributed by atoms with Gasteiger partial charge in [0, 0.05) is 31.2 Å². The monoisotopic (exact) mass is 442 g/mol. The number of rotatable bonds is 2. The fourth-order valence-electron chi connectivity index (χ4n) is 3.73. The van der Waals surface area contributed by atoms with E-state index in [1.54, 1.807) is 16.4 Å². The van der Waals surface area contributed by atoms with Crippen molar-refractivity contribution < 1.29 is 36.2 Å². The van der Waals surface area contributed by atoms with Crippen molar-refractivity contribution in [2.75, 3.05) is 19.6 Å². The van der Waals surface area contributed by atoms with Crippen LogP contribution < -0.4 is 5.32 Å². The number of halogens is 4. The zero-order chi connectivity index (χ0) is 20.7. The van der Waals surface area contributed by atoms with Gasteiger partial charge in [0.1, 0.15) is 10.9 Å². The van der Waals surface area contributed by atoms with Gasteiger partial charge in [-0.2, -0.15) is 17.5 Å². The minimum atomic E-state index is -5.08. The molecule has 3 atom stereocenters. The van der Waals surface area contributed by atoms with Crippen molar-refractivity contribution in [2.45, 2.75) is 36.1 Å². The number of carbonyl (C=O) groups is 1. The van der Waals surface area contributed by atoms with Crippen molar-refractivity contribution in [2.24, 2.45) is 0 Å². The Bertz CT molecular complexity index is 849. The zero-order valence-electron chi connectivity index (χ0n) is 14.4. The van der Waals surface area contributed by atoms with E-state index in [2.05, 4.69) is 5.32 Å². The third-order valence-corrected chi connectivity index (χ3v) is 7.51. The smallest absolute Gasteiger partial charge is 0.475 e. The van der Waals surface area contributed by atoms with E-state index in [1.807, 2.05) is 12.1 Å². The first kappa shape index (κ1) is 21.3. The Morgan fingerprint density at radius 3 is 2.54 bits per heavy atom. The molecule has 0 radical (unpaired) electrons. The Balaban J connectivity index is 0.000000279. The predicted octanol–water partition coefficient (Wildman–Crippen LogP) is 1.62. The normalized spacial score (nSPS) is 31.0. The number of fused-ring (bicyclic) bond motifs is 1. The lowest BCUT2D eigenvalue weighted by molar-refractivity contribution is -0.192. The summed E-state index contributed by atoms with van der Waals surface area (Å²) in [6, 6.07) is 7.31. The molecule has 0 aliphatic carbocycles. The van der Waals surface area contributed by atoms with E-state index < -0.39 is 33.0 Å². The summed E-state index contributed by atoms with van der Waals surface area (Å²) in [7, 11) is -3.30. The zero-order valence-corrected chi connectivity index (χ0v) is 16.0. The predicted molar refractivity (Wildman–Crippen MR) is 93.4 cm³/mol. The van der Waals surface area contributed by atoms with Gasteiger partial charge in [0.25, 0.3) is 0 Å². The number of aliphatic carboxylic acids is 1. The van der Waals surface area contributed by atoms with Crippen molar-refractivity contribution >= 4 is 27.6 Å². The number of hydrogen-bond donors (Lipinski definition) is 2. The van der Waals surface area contributed by atoms with Gasteiger partial charge >= 0.3 is 12.1 Å². The van der Waals surface area contributed by atoms with Crippen LogP contribution in [-0.4, -0.2) is 66.6 Å². The van der Waals surface area contributed by atoms with Crippen LogP contribution in [-0.2, 0) is 26.1 Å². The first-order valence-corrected chi connectivity index (χ1v) is 10.2. The quantitative estimate of drug-likeness (QED) is 0.722. The van der Waals surface area contributed by atoms with Crippen molar-refractivity contribution in [3.05, 3.63) is 34.9 Å². The molecule has 0 unspecified atom stereocenters. The molecule has 0 amide bonds. The molecule has 4 rings (SSSR count).